The largest absolute Gasteiger partial charge is 0.299 e. The minimum absolute atomic E-state index is 0.0969. The molecular weight excluding hydrogens is 232 g/mol. The summed E-state index contributed by atoms with van der Waals surface area (Å²) in [6.45, 7) is 0. The maximum Gasteiger partial charge on any atom is 0.137 e. The van der Waals surface area contributed by atoms with E-state index >= 15 is 0 Å². The van der Waals surface area contributed by atoms with Crippen LogP contribution >= 0.6 is 0 Å². The monoisotopic (exact) mass is 248 g/mol. The highest BCUT2D eigenvalue weighted by Crippen LogP contribution is 2.72. The molecule has 1 nitrogen and oxygen atoms in total. The van der Waals surface area contributed by atoms with Crippen LogP contribution < -0.4 is 0 Å². The van der Waals surface area contributed by atoms with Crippen molar-refractivity contribution in [2.45, 2.75) is 24.2 Å². The van der Waals surface area contributed by atoms with Crippen molar-refractivity contribution in [2.24, 2.45) is 5.92 Å². The van der Waals surface area contributed by atoms with Crippen molar-refractivity contribution in [1.82, 2.24) is 0 Å². The quantitative estimate of drug-likeness (QED) is 0.792. The van der Waals surface area contributed by atoms with Gasteiger partial charge in [0.15, 0.2) is 0 Å². The number of hydrogen-bond acceptors (Lipinski definition) is 1. The maximum absolute atomic E-state index is 12.2. The zero-order chi connectivity index (χ0) is 12.9. The van der Waals surface area contributed by atoms with Crippen molar-refractivity contribution in [2.75, 3.05) is 0 Å². The van der Waals surface area contributed by atoms with Gasteiger partial charge >= 0.3 is 0 Å². The predicted molar refractivity (Wildman–Crippen MR) is 75.0 cm³/mol. The van der Waals surface area contributed by atoms with Crippen LogP contribution in [0.4, 0.5) is 0 Å². The molecule has 0 heterocycles. The molecule has 2 saturated carbocycles. The van der Waals surface area contributed by atoms with Gasteiger partial charge in [0.25, 0.3) is 0 Å². The lowest BCUT2D eigenvalue weighted by molar-refractivity contribution is -0.119. The lowest BCUT2D eigenvalue weighted by Crippen LogP contribution is -2.08. The highest BCUT2D eigenvalue weighted by Gasteiger charge is 2.71. The number of carbonyl (C=O) groups is 1. The van der Waals surface area contributed by atoms with Crippen molar-refractivity contribution in [1.29, 1.82) is 0 Å². The molecule has 2 aromatic carbocycles. The Bertz CT molecular complexity index is 617. The van der Waals surface area contributed by atoms with Crippen LogP contribution in [0.1, 0.15) is 29.9 Å². The topological polar surface area (TPSA) is 17.1 Å². The molecule has 0 radical (unpaired) electrons. The zero-order valence-corrected chi connectivity index (χ0v) is 10.8. The zero-order valence-electron chi connectivity index (χ0n) is 10.8. The molecule has 0 saturated heterocycles. The van der Waals surface area contributed by atoms with Gasteiger partial charge in [-0.15, -0.1) is 0 Å². The van der Waals surface area contributed by atoms with E-state index in [9.17, 15) is 4.79 Å². The van der Waals surface area contributed by atoms with Crippen molar-refractivity contribution in [3.05, 3.63) is 71.8 Å². The van der Waals surface area contributed by atoms with Crippen molar-refractivity contribution in [3.8, 4) is 0 Å². The van der Waals surface area contributed by atoms with Crippen LogP contribution in [0.3, 0.4) is 0 Å². The molecule has 0 bridgehead atoms. The summed E-state index contributed by atoms with van der Waals surface area (Å²) in [7, 11) is 0. The third kappa shape index (κ3) is 1.39. The Balaban J connectivity index is 1.81. The average molecular weight is 248 g/mol. The number of benzene rings is 2. The first-order valence-electron chi connectivity index (χ1n) is 6.97. The highest BCUT2D eigenvalue weighted by atomic mass is 16.1. The lowest BCUT2D eigenvalue weighted by Gasteiger charge is -2.15. The molecule has 2 aliphatic rings. The van der Waals surface area contributed by atoms with Crippen LogP contribution in [0.25, 0.3) is 0 Å². The van der Waals surface area contributed by atoms with Gasteiger partial charge in [-0.3, -0.25) is 4.79 Å². The molecule has 4 rings (SSSR count). The standard InChI is InChI=1S/C18H16O/c19-15-11-12-18(14-9-5-2-6-10-14)16(17(15)18)13-7-3-1-4-8-13/h1-10,16-17H,11-12H2/t16-,17-,18+/m1/s1. The number of rotatable bonds is 2. The predicted octanol–water partition coefficient (Wildman–Crippen LogP) is 3.70. The van der Waals surface area contributed by atoms with Gasteiger partial charge in [0.1, 0.15) is 5.78 Å². The molecule has 0 unspecified atom stereocenters. The Hall–Kier alpha value is -1.89. The second-order valence-electron chi connectivity index (χ2n) is 5.74. The van der Waals surface area contributed by atoms with Gasteiger partial charge in [-0.25, -0.2) is 0 Å². The van der Waals surface area contributed by atoms with E-state index in [0.29, 0.717) is 11.7 Å². The van der Waals surface area contributed by atoms with Crippen molar-refractivity contribution < 1.29 is 4.79 Å². The van der Waals surface area contributed by atoms with Crippen LogP contribution in [-0.4, -0.2) is 5.78 Å². The van der Waals surface area contributed by atoms with E-state index in [0.717, 1.165) is 12.8 Å². The van der Waals surface area contributed by atoms with E-state index in [1.165, 1.54) is 11.1 Å². The number of Topliss-reactive ketones (excluding diaryl/α,β-unsaturated/α-hetero) is 1. The number of hydrogen-bond donors (Lipinski definition) is 0. The Morgan fingerprint density at radius 1 is 0.842 bits per heavy atom. The molecule has 2 aromatic rings. The summed E-state index contributed by atoms with van der Waals surface area (Å²) >= 11 is 0. The molecule has 0 spiro atoms. The Morgan fingerprint density at radius 2 is 1.47 bits per heavy atom. The Labute approximate surface area is 113 Å². The van der Waals surface area contributed by atoms with E-state index < -0.39 is 0 Å². The normalized spacial score (nSPS) is 32.1. The number of carbonyl (C=O) groups excluding carboxylic acids is 1. The van der Waals surface area contributed by atoms with Crippen LogP contribution in [0.15, 0.2) is 60.7 Å². The number of fused-ring (bicyclic) bond motifs is 1. The molecule has 2 fully saturated rings. The molecule has 3 atom stereocenters. The van der Waals surface area contributed by atoms with Gasteiger partial charge in [-0.1, -0.05) is 60.7 Å². The van der Waals surface area contributed by atoms with Gasteiger partial charge in [0.05, 0.1) is 0 Å². The summed E-state index contributed by atoms with van der Waals surface area (Å²) < 4.78 is 0. The van der Waals surface area contributed by atoms with Gasteiger partial charge in [-0.2, -0.15) is 0 Å². The first-order valence-corrected chi connectivity index (χ1v) is 6.97. The molecule has 1 heteroatoms. The van der Waals surface area contributed by atoms with Crippen LogP contribution in [-0.2, 0) is 10.2 Å². The third-order valence-corrected chi connectivity index (χ3v) is 4.94. The lowest BCUT2D eigenvalue weighted by atomic mass is 9.88. The highest BCUT2D eigenvalue weighted by molar-refractivity contribution is 5.92. The minimum atomic E-state index is 0.0969. The van der Waals surface area contributed by atoms with E-state index in [-0.39, 0.29) is 11.3 Å². The minimum Gasteiger partial charge on any atom is -0.299 e. The summed E-state index contributed by atoms with van der Waals surface area (Å²) in [5.41, 5.74) is 2.77. The molecular formula is C18H16O. The molecule has 94 valence electrons. The summed E-state index contributed by atoms with van der Waals surface area (Å²) in [6, 6.07) is 21.1. The molecule has 0 aliphatic heterocycles. The Kier molecular flexibility index (Phi) is 2.20. The van der Waals surface area contributed by atoms with E-state index in [4.69, 9.17) is 0 Å². The average Bonchev–Trinajstić information content (AvgIpc) is 3.06. The first kappa shape index (κ1) is 11.0. The van der Waals surface area contributed by atoms with Crippen molar-refractivity contribution >= 4 is 5.78 Å². The fourth-order valence-corrected chi connectivity index (χ4v) is 4.11. The fraction of sp³-hybridized carbons (Fsp3) is 0.278. The number of ketones is 1. The first-order chi connectivity index (χ1) is 9.34. The molecule has 19 heavy (non-hydrogen) atoms. The van der Waals surface area contributed by atoms with Gasteiger partial charge in [-0.05, 0) is 17.5 Å². The van der Waals surface area contributed by atoms with Crippen LogP contribution in [0, 0.1) is 5.92 Å². The molecule has 2 aliphatic carbocycles. The third-order valence-electron chi connectivity index (χ3n) is 4.94. The smallest absolute Gasteiger partial charge is 0.137 e. The molecule has 0 N–H and O–H groups in total. The van der Waals surface area contributed by atoms with Crippen molar-refractivity contribution in [3.63, 3.8) is 0 Å². The second-order valence-corrected chi connectivity index (χ2v) is 5.74. The second kappa shape index (κ2) is 3.80. The van der Waals surface area contributed by atoms with E-state index in [1.54, 1.807) is 0 Å². The summed E-state index contributed by atoms with van der Waals surface area (Å²) in [6.07, 6.45) is 1.77. The van der Waals surface area contributed by atoms with Gasteiger partial charge in [0, 0.05) is 23.7 Å². The fourth-order valence-electron chi connectivity index (χ4n) is 4.11. The van der Waals surface area contributed by atoms with E-state index in [1.807, 2.05) is 12.1 Å². The molecule has 0 amide bonds. The van der Waals surface area contributed by atoms with Gasteiger partial charge in [0.2, 0.25) is 0 Å². The molecule has 0 aromatic heterocycles. The Morgan fingerprint density at radius 3 is 2.16 bits per heavy atom. The summed E-state index contributed by atoms with van der Waals surface area (Å²) in [5, 5.41) is 0. The summed E-state index contributed by atoms with van der Waals surface area (Å²) in [4.78, 5) is 12.2. The maximum atomic E-state index is 12.2. The van der Waals surface area contributed by atoms with Crippen LogP contribution in [0.2, 0.25) is 0 Å². The van der Waals surface area contributed by atoms with Crippen LogP contribution in [0.5, 0.6) is 0 Å². The summed E-state index contributed by atoms with van der Waals surface area (Å²) in [5.74, 6) is 1.08. The van der Waals surface area contributed by atoms with Gasteiger partial charge < -0.3 is 0 Å². The SMILES string of the molecule is O=C1CC[C@@]2(c3ccccc3)[C@H]1[C@H]2c1ccccc1. The van der Waals surface area contributed by atoms with E-state index in [2.05, 4.69) is 48.5 Å².